The molecule has 0 radical (unpaired) electrons. The van der Waals surface area contributed by atoms with Crippen LogP contribution in [0.2, 0.25) is 0 Å². The van der Waals surface area contributed by atoms with Gasteiger partial charge in [-0.1, -0.05) is 76.6 Å². The topological polar surface area (TPSA) is 97.4 Å². The minimum Gasteiger partial charge on any atom is -0.493 e. The first kappa shape index (κ1) is 34.7. The van der Waals surface area contributed by atoms with Crippen LogP contribution in [0.3, 0.4) is 0 Å². The summed E-state index contributed by atoms with van der Waals surface area (Å²) in [6.45, 7) is 6.97. The molecule has 1 N–H and O–H groups in total. The van der Waals surface area contributed by atoms with Crippen molar-refractivity contribution >= 4 is 17.7 Å². The highest BCUT2D eigenvalue weighted by molar-refractivity contribution is 5.99. The fraction of sp³-hybridized carbons (Fsp3) is 0.571. The molecule has 0 bridgehead atoms. The van der Waals surface area contributed by atoms with E-state index in [9.17, 15) is 14.4 Å². The van der Waals surface area contributed by atoms with Crippen molar-refractivity contribution in [2.24, 2.45) is 0 Å². The molecule has 2 aromatic carbocycles. The lowest BCUT2D eigenvalue weighted by atomic mass is 9.96. The Morgan fingerprint density at radius 3 is 1.98 bits per heavy atom. The van der Waals surface area contributed by atoms with Gasteiger partial charge in [-0.15, -0.1) is 0 Å². The van der Waals surface area contributed by atoms with E-state index in [1.54, 1.807) is 33.2 Å². The van der Waals surface area contributed by atoms with E-state index in [0.29, 0.717) is 36.8 Å². The molecule has 2 atom stereocenters. The lowest BCUT2D eigenvalue weighted by Gasteiger charge is -2.44. The summed E-state index contributed by atoms with van der Waals surface area (Å²) in [7, 11) is 4.74. The molecular weight excluding hydrogens is 558 g/mol. The molecule has 1 fully saturated rings. The van der Waals surface area contributed by atoms with Crippen molar-refractivity contribution in [1.29, 1.82) is 0 Å². The smallest absolute Gasteiger partial charge is 0.246 e. The Kier molecular flexibility index (Phi) is 13.8. The van der Waals surface area contributed by atoms with Crippen molar-refractivity contribution < 1.29 is 28.6 Å². The zero-order valence-electron chi connectivity index (χ0n) is 27.4. The predicted molar refractivity (Wildman–Crippen MR) is 173 cm³/mol. The number of rotatable bonds is 18. The van der Waals surface area contributed by atoms with Gasteiger partial charge in [0, 0.05) is 19.5 Å². The maximum absolute atomic E-state index is 13.9. The molecular formula is C35H51N3O6. The molecule has 9 heteroatoms. The zero-order chi connectivity index (χ0) is 32.1. The second-order valence-electron chi connectivity index (χ2n) is 11.5. The largest absolute Gasteiger partial charge is 0.493 e. The van der Waals surface area contributed by atoms with Gasteiger partial charge in [0.25, 0.3) is 0 Å². The molecule has 0 unspecified atom stereocenters. The highest BCUT2D eigenvalue weighted by Gasteiger charge is 2.44. The number of methoxy groups -OCH3 is 3. The van der Waals surface area contributed by atoms with Gasteiger partial charge < -0.3 is 29.3 Å². The number of carbonyl (C=O) groups excluding carboxylic acids is 3. The summed E-state index contributed by atoms with van der Waals surface area (Å²) in [6, 6.07) is 10.4. The molecule has 1 heterocycles. The Hall–Kier alpha value is -3.75. The maximum Gasteiger partial charge on any atom is 0.246 e. The number of nitrogens with zero attached hydrogens (tertiary/aromatic N) is 2. The second-order valence-corrected chi connectivity index (χ2v) is 11.5. The molecule has 3 amide bonds. The van der Waals surface area contributed by atoms with Gasteiger partial charge in [-0.2, -0.15) is 0 Å². The van der Waals surface area contributed by atoms with Gasteiger partial charge in [0.2, 0.25) is 23.5 Å². The average molecular weight is 610 g/mol. The van der Waals surface area contributed by atoms with Crippen molar-refractivity contribution in [3.63, 3.8) is 0 Å². The van der Waals surface area contributed by atoms with Crippen LogP contribution in [0.25, 0.3) is 11.1 Å². The molecule has 0 aliphatic carbocycles. The van der Waals surface area contributed by atoms with Crippen LogP contribution in [0.4, 0.5) is 0 Å². The second kappa shape index (κ2) is 17.5. The number of nitrogens with one attached hydrogen (secondary N) is 1. The van der Waals surface area contributed by atoms with Crippen LogP contribution >= 0.6 is 0 Å². The van der Waals surface area contributed by atoms with Gasteiger partial charge in [-0.05, 0) is 48.6 Å². The minimum atomic E-state index is -0.683. The molecule has 0 saturated carbocycles. The first-order valence-corrected chi connectivity index (χ1v) is 16.1. The number of amides is 3. The lowest BCUT2D eigenvalue weighted by Crippen LogP contribution is -2.65. The van der Waals surface area contributed by atoms with E-state index >= 15 is 0 Å². The van der Waals surface area contributed by atoms with Crippen LogP contribution in [-0.4, -0.2) is 80.6 Å². The number of hydrogen-bond donors (Lipinski definition) is 1. The summed E-state index contributed by atoms with van der Waals surface area (Å²) in [5.74, 6) is 1.14. The minimum absolute atomic E-state index is 0.110. The number of hydrogen-bond acceptors (Lipinski definition) is 6. The highest BCUT2D eigenvalue weighted by atomic mass is 16.5. The Balaban J connectivity index is 1.74. The first-order valence-electron chi connectivity index (χ1n) is 16.1. The van der Waals surface area contributed by atoms with Gasteiger partial charge in [0.05, 0.1) is 21.3 Å². The van der Waals surface area contributed by atoms with Crippen LogP contribution in [0.1, 0.15) is 77.7 Å². The summed E-state index contributed by atoms with van der Waals surface area (Å²) in [4.78, 5) is 43.4. The van der Waals surface area contributed by atoms with E-state index < -0.39 is 12.1 Å². The summed E-state index contributed by atoms with van der Waals surface area (Å²) in [6.07, 6.45) is 8.90. The quantitative estimate of drug-likeness (QED) is 0.220. The number of benzene rings is 2. The van der Waals surface area contributed by atoms with Crippen molar-refractivity contribution in [2.75, 3.05) is 41.0 Å². The summed E-state index contributed by atoms with van der Waals surface area (Å²) >= 11 is 0. The van der Waals surface area contributed by atoms with E-state index in [-0.39, 0.29) is 24.3 Å². The molecule has 44 heavy (non-hydrogen) atoms. The van der Waals surface area contributed by atoms with E-state index in [4.69, 9.17) is 14.2 Å². The fourth-order valence-electron chi connectivity index (χ4n) is 5.70. The van der Waals surface area contributed by atoms with Crippen LogP contribution in [0.15, 0.2) is 36.4 Å². The molecule has 1 aliphatic rings. The van der Waals surface area contributed by atoms with E-state index in [2.05, 4.69) is 19.2 Å². The molecule has 9 nitrogen and oxygen atoms in total. The van der Waals surface area contributed by atoms with Crippen molar-refractivity contribution in [1.82, 2.24) is 15.1 Å². The normalized spacial score (nSPS) is 16.7. The van der Waals surface area contributed by atoms with Gasteiger partial charge in [0.1, 0.15) is 18.6 Å². The van der Waals surface area contributed by atoms with Crippen molar-refractivity contribution in [3.05, 3.63) is 42.0 Å². The van der Waals surface area contributed by atoms with Gasteiger partial charge in [0.15, 0.2) is 11.5 Å². The van der Waals surface area contributed by atoms with E-state index in [0.717, 1.165) is 42.4 Å². The summed E-state index contributed by atoms with van der Waals surface area (Å²) in [5.41, 5.74) is 2.77. The summed E-state index contributed by atoms with van der Waals surface area (Å²) < 4.78 is 16.5. The maximum atomic E-state index is 13.9. The van der Waals surface area contributed by atoms with Crippen LogP contribution in [0.5, 0.6) is 17.2 Å². The Morgan fingerprint density at radius 1 is 0.773 bits per heavy atom. The molecule has 0 aromatic heterocycles. The van der Waals surface area contributed by atoms with Crippen LogP contribution in [0, 0.1) is 0 Å². The lowest BCUT2D eigenvalue weighted by molar-refractivity contribution is -0.162. The van der Waals surface area contributed by atoms with Crippen LogP contribution < -0.4 is 19.5 Å². The molecule has 242 valence electrons. The molecule has 2 aromatic rings. The van der Waals surface area contributed by atoms with Gasteiger partial charge >= 0.3 is 0 Å². The number of piperazine rings is 1. The van der Waals surface area contributed by atoms with E-state index in [1.165, 1.54) is 30.6 Å². The third kappa shape index (κ3) is 8.89. The Morgan fingerprint density at radius 2 is 1.39 bits per heavy atom. The molecule has 0 spiro atoms. The predicted octanol–water partition coefficient (Wildman–Crippen LogP) is 5.63. The number of carbonyl (C=O) groups is 3. The third-order valence-corrected chi connectivity index (χ3v) is 8.35. The SMILES string of the molecule is CCCCCCCCNC(=O)CN1C(=O)[C@@H](Cc2ccc(-c3cc(OC)c(OC)c(OC)c3)cc2)N(CCCC)C(=O)[C@@H]1C. The van der Waals surface area contributed by atoms with Crippen LogP contribution in [-0.2, 0) is 20.8 Å². The fourth-order valence-corrected chi connectivity index (χ4v) is 5.70. The van der Waals surface area contributed by atoms with Gasteiger partial charge in [-0.3, -0.25) is 14.4 Å². The zero-order valence-corrected chi connectivity index (χ0v) is 27.4. The third-order valence-electron chi connectivity index (χ3n) is 8.35. The average Bonchev–Trinajstić information content (AvgIpc) is 3.04. The Bertz CT molecular complexity index is 1210. The monoisotopic (exact) mass is 609 g/mol. The van der Waals surface area contributed by atoms with Gasteiger partial charge in [-0.25, -0.2) is 0 Å². The molecule has 1 saturated heterocycles. The number of unbranched alkanes of at least 4 members (excludes halogenated alkanes) is 6. The standard InChI is InChI=1S/C35H51N3O6/c1-7-9-11-12-13-14-19-36-32(39)24-38-25(3)34(40)37(20-10-8-2)29(35(38)41)21-26-15-17-27(18-16-26)28-22-30(42-4)33(44-6)31(23-28)43-5/h15-18,22-23,25,29H,7-14,19-21,24H2,1-6H3,(H,36,39)/t25-,29+/m0/s1. The molecule has 1 aliphatic heterocycles. The van der Waals surface area contributed by atoms with Crippen molar-refractivity contribution in [2.45, 2.75) is 90.6 Å². The first-order chi connectivity index (χ1) is 21.3. The molecule has 3 rings (SSSR count). The van der Waals surface area contributed by atoms with Crippen molar-refractivity contribution in [3.8, 4) is 28.4 Å². The highest BCUT2D eigenvalue weighted by Crippen LogP contribution is 2.41. The van der Waals surface area contributed by atoms with E-state index in [1.807, 2.05) is 36.4 Å². The Labute approximate surface area is 263 Å². The summed E-state index contributed by atoms with van der Waals surface area (Å²) in [5, 5.41) is 2.95. The number of ether oxygens (including phenoxy) is 3.